The first-order chi connectivity index (χ1) is 14.2. The van der Waals surface area contributed by atoms with Crippen LogP contribution in [0.4, 0.5) is 0 Å². The summed E-state index contributed by atoms with van der Waals surface area (Å²) in [5.41, 5.74) is 2.56. The van der Waals surface area contributed by atoms with E-state index in [0.717, 1.165) is 43.9 Å². The highest BCUT2D eigenvalue weighted by Crippen LogP contribution is 2.21. The largest absolute Gasteiger partial charge is 0.340 e. The minimum absolute atomic E-state index is 0.238. The number of aromatic nitrogens is 2. The Labute approximate surface area is 175 Å². The first-order valence-electron chi connectivity index (χ1n) is 10.2. The van der Waals surface area contributed by atoms with Gasteiger partial charge in [0.15, 0.2) is 0 Å². The minimum atomic E-state index is 0.238. The fourth-order valence-electron chi connectivity index (χ4n) is 3.52. The molecule has 0 bridgehead atoms. The van der Waals surface area contributed by atoms with Gasteiger partial charge in [-0.25, -0.2) is 0 Å². The van der Waals surface area contributed by atoms with Crippen LogP contribution in [0, 0.1) is 0 Å². The molecule has 7 heteroatoms. The van der Waals surface area contributed by atoms with E-state index in [9.17, 15) is 4.79 Å². The molecule has 0 radical (unpaired) electrons. The van der Waals surface area contributed by atoms with Crippen molar-refractivity contribution in [1.82, 2.24) is 19.9 Å². The van der Waals surface area contributed by atoms with Gasteiger partial charge < -0.3 is 9.42 Å². The smallest absolute Gasteiger partial charge is 0.241 e. The molecule has 0 saturated carbocycles. The monoisotopic (exact) mass is 410 g/mol. The quantitative estimate of drug-likeness (QED) is 0.595. The summed E-state index contributed by atoms with van der Waals surface area (Å²) in [5, 5.41) is 6.07. The van der Waals surface area contributed by atoms with Crippen molar-refractivity contribution in [3.05, 3.63) is 58.8 Å². The average Bonchev–Trinajstić information content (AvgIpc) is 3.45. The zero-order chi connectivity index (χ0) is 20.1. The van der Waals surface area contributed by atoms with Crippen LogP contribution in [0.25, 0.3) is 10.7 Å². The highest BCUT2D eigenvalue weighted by atomic mass is 32.1. The van der Waals surface area contributed by atoms with Crippen molar-refractivity contribution in [1.29, 1.82) is 0 Å². The second kappa shape index (κ2) is 9.33. The zero-order valence-corrected chi connectivity index (χ0v) is 17.5. The van der Waals surface area contributed by atoms with Crippen LogP contribution in [0.1, 0.15) is 30.4 Å². The molecule has 0 N–H and O–H groups in total. The summed E-state index contributed by atoms with van der Waals surface area (Å²) in [6.07, 6.45) is 2.41. The first kappa shape index (κ1) is 19.8. The van der Waals surface area contributed by atoms with Crippen LogP contribution in [0.3, 0.4) is 0 Å². The molecular weight excluding hydrogens is 384 g/mol. The van der Waals surface area contributed by atoms with Gasteiger partial charge in [-0.3, -0.25) is 9.69 Å². The number of nitrogens with zero attached hydrogens (tertiary/aromatic N) is 4. The highest BCUT2D eigenvalue weighted by molar-refractivity contribution is 7.13. The van der Waals surface area contributed by atoms with Crippen LogP contribution in [-0.2, 0) is 24.2 Å². The number of aryl methyl sites for hydroxylation is 2. The molecule has 6 nitrogen and oxygen atoms in total. The van der Waals surface area contributed by atoms with Crippen molar-refractivity contribution in [2.45, 2.75) is 32.7 Å². The molecule has 3 aromatic rings. The third kappa shape index (κ3) is 5.10. The van der Waals surface area contributed by atoms with E-state index in [2.05, 4.69) is 46.2 Å². The summed E-state index contributed by atoms with van der Waals surface area (Å²) >= 11 is 1.60. The maximum absolute atomic E-state index is 12.6. The molecular formula is C22H26N4O2S. The minimum Gasteiger partial charge on any atom is -0.340 e. The third-order valence-electron chi connectivity index (χ3n) is 5.35. The Morgan fingerprint density at radius 3 is 2.55 bits per heavy atom. The lowest BCUT2D eigenvalue weighted by atomic mass is 10.1. The number of piperazine rings is 1. The molecule has 0 aliphatic carbocycles. The van der Waals surface area contributed by atoms with Gasteiger partial charge >= 0.3 is 0 Å². The van der Waals surface area contributed by atoms with E-state index in [1.54, 1.807) is 11.3 Å². The number of benzene rings is 1. The number of hydrogen-bond acceptors (Lipinski definition) is 6. The summed E-state index contributed by atoms with van der Waals surface area (Å²) in [4.78, 5) is 22.3. The van der Waals surface area contributed by atoms with Gasteiger partial charge in [-0.2, -0.15) is 4.98 Å². The van der Waals surface area contributed by atoms with Gasteiger partial charge in [0.05, 0.1) is 11.4 Å². The van der Waals surface area contributed by atoms with Crippen LogP contribution >= 0.6 is 11.3 Å². The molecule has 2 aromatic heterocycles. The average molecular weight is 411 g/mol. The summed E-state index contributed by atoms with van der Waals surface area (Å²) in [5.74, 6) is 1.52. The summed E-state index contributed by atoms with van der Waals surface area (Å²) in [6, 6.07) is 12.5. The molecule has 1 aliphatic rings. The van der Waals surface area contributed by atoms with E-state index < -0.39 is 0 Å². The van der Waals surface area contributed by atoms with Crippen molar-refractivity contribution in [3.63, 3.8) is 0 Å². The molecule has 152 valence electrons. The fraction of sp³-hybridized carbons (Fsp3) is 0.409. The molecule has 29 heavy (non-hydrogen) atoms. The van der Waals surface area contributed by atoms with Gasteiger partial charge in [0.2, 0.25) is 17.6 Å². The summed E-state index contributed by atoms with van der Waals surface area (Å²) in [6.45, 7) is 5.93. The molecule has 1 aromatic carbocycles. The maximum atomic E-state index is 12.6. The normalized spacial score (nSPS) is 15.0. The second-order valence-electron chi connectivity index (χ2n) is 7.32. The van der Waals surface area contributed by atoms with Crippen LogP contribution in [0.2, 0.25) is 0 Å². The Morgan fingerprint density at radius 2 is 1.86 bits per heavy atom. The van der Waals surface area contributed by atoms with Gasteiger partial charge in [-0.1, -0.05) is 42.4 Å². The van der Waals surface area contributed by atoms with Gasteiger partial charge in [0, 0.05) is 32.6 Å². The predicted molar refractivity (Wildman–Crippen MR) is 114 cm³/mol. The number of carbonyl (C=O) groups excluding carboxylic acids is 1. The molecule has 0 atom stereocenters. The Kier molecular flexibility index (Phi) is 6.36. The molecule has 3 heterocycles. The topological polar surface area (TPSA) is 62.5 Å². The van der Waals surface area contributed by atoms with Crippen molar-refractivity contribution < 1.29 is 9.32 Å². The lowest BCUT2D eigenvalue weighted by Crippen LogP contribution is -2.48. The van der Waals surface area contributed by atoms with Crippen molar-refractivity contribution in [2.75, 3.05) is 26.2 Å². The number of thiophene rings is 1. The Hall–Kier alpha value is -2.51. The molecule has 1 saturated heterocycles. The maximum Gasteiger partial charge on any atom is 0.241 e. The fourth-order valence-corrected chi connectivity index (χ4v) is 4.17. The molecule has 0 unspecified atom stereocenters. The standard InChI is InChI=1S/C22H26N4O2S/c1-2-17-5-7-18(8-6-17)9-10-21(27)26-13-11-25(12-14-26)16-20-23-22(24-28-20)19-4-3-15-29-19/h3-8,15H,2,9-14,16H2,1H3. The van der Waals surface area contributed by atoms with Crippen LogP contribution in [0.15, 0.2) is 46.3 Å². The Bertz CT molecular complexity index is 913. The molecule has 4 rings (SSSR count). The van der Waals surface area contributed by atoms with Crippen molar-refractivity contribution in [2.24, 2.45) is 0 Å². The van der Waals surface area contributed by atoms with Gasteiger partial charge in [-0.15, -0.1) is 11.3 Å². The van der Waals surface area contributed by atoms with Crippen molar-refractivity contribution in [3.8, 4) is 10.7 Å². The second-order valence-corrected chi connectivity index (χ2v) is 8.26. The third-order valence-corrected chi connectivity index (χ3v) is 6.22. The van der Waals surface area contributed by atoms with Crippen LogP contribution < -0.4 is 0 Å². The Balaban J connectivity index is 1.22. The summed E-state index contributed by atoms with van der Waals surface area (Å²) < 4.78 is 5.39. The van der Waals surface area contributed by atoms with E-state index >= 15 is 0 Å². The van der Waals surface area contributed by atoms with E-state index in [1.807, 2.05) is 22.4 Å². The van der Waals surface area contributed by atoms with Gasteiger partial charge in [0.25, 0.3) is 0 Å². The van der Waals surface area contributed by atoms with E-state index in [4.69, 9.17) is 4.52 Å². The number of rotatable bonds is 7. The predicted octanol–water partition coefficient (Wildman–Crippen LogP) is 3.64. The highest BCUT2D eigenvalue weighted by Gasteiger charge is 2.22. The van der Waals surface area contributed by atoms with Crippen LogP contribution in [0.5, 0.6) is 0 Å². The zero-order valence-electron chi connectivity index (χ0n) is 16.7. The van der Waals surface area contributed by atoms with Gasteiger partial charge in [0.1, 0.15) is 0 Å². The first-order valence-corrected chi connectivity index (χ1v) is 11.0. The molecule has 1 fully saturated rings. The van der Waals surface area contributed by atoms with Crippen molar-refractivity contribution >= 4 is 17.2 Å². The lowest BCUT2D eigenvalue weighted by Gasteiger charge is -2.34. The van der Waals surface area contributed by atoms with Crippen LogP contribution in [-0.4, -0.2) is 52.0 Å². The SMILES string of the molecule is CCc1ccc(CCC(=O)N2CCN(Cc3nc(-c4cccs4)no3)CC2)cc1. The molecule has 1 amide bonds. The van der Waals surface area contributed by atoms with E-state index in [-0.39, 0.29) is 5.91 Å². The van der Waals surface area contributed by atoms with E-state index in [1.165, 1.54) is 11.1 Å². The number of amides is 1. The Morgan fingerprint density at radius 1 is 1.10 bits per heavy atom. The lowest BCUT2D eigenvalue weighted by molar-refractivity contribution is -0.133. The number of hydrogen-bond donors (Lipinski definition) is 0. The van der Waals surface area contributed by atoms with E-state index in [0.29, 0.717) is 24.7 Å². The summed E-state index contributed by atoms with van der Waals surface area (Å²) in [7, 11) is 0. The van der Waals surface area contributed by atoms with Gasteiger partial charge in [-0.05, 0) is 35.4 Å². The molecule has 1 aliphatic heterocycles. The number of carbonyl (C=O) groups is 1. The molecule has 0 spiro atoms.